The molecule has 0 heterocycles. The number of para-hydroxylation sites is 1. The summed E-state index contributed by atoms with van der Waals surface area (Å²) in [7, 11) is 1.60. The second-order valence-electron chi connectivity index (χ2n) is 6.16. The molecular weight excluding hydrogens is 336 g/mol. The van der Waals surface area contributed by atoms with Crippen molar-refractivity contribution in [2.75, 3.05) is 7.11 Å². The third-order valence-corrected chi connectivity index (χ3v) is 4.42. The van der Waals surface area contributed by atoms with Gasteiger partial charge in [0, 0.05) is 11.1 Å². The molecule has 0 radical (unpaired) electrons. The summed E-state index contributed by atoms with van der Waals surface area (Å²) in [6.45, 7) is 1.82. The van der Waals surface area contributed by atoms with Crippen LogP contribution in [-0.2, 0) is 9.53 Å². The minimum atomic E-state index is -0.440. The van der Waals surface area contributed by atoms with Gasteiger partial charge in [-0.15, -0.1) is 0 Å². The molecule has 3 nitrogen and oxygen atoms in total. The Bertz CT molecular complexity index is 873. The summed E-state index contributed by atoms with van der Waals surface area (Å²) in [4.78, 5) is 12.7. The molecule has 3 aromatic carbocycles. The maximum Gasteiger partial charge on any atom is 0.318 e. The number of benzene rings is 3. The first-order chi connectivity index (χ1) is 13.2. The normalized spacial score (nSPS) is 11.3. The lowest BCUT2D eigenvalue weighted by Crippen LogP contribution is -2.12. The number of carbonyl (C=O) groups is 1. The molecule has 0 N–H and O–H groups in total. The van der Waals surface area contributed by atoms with Gasteiger partial charge in [-0.05, 0) is 24.1 Å². The van der Waals surface area contributed by atoms with Crippen LogP contribution in [0.2, 0.25) is 0 Å². The van der Waals surface area contributed by atoms with E-state index < -0.39 is 5.92 Å². The highest BCUT2D eigenvalue weighted by Crippen LogP contribution is 2.28. The third-order valence-electron chi connectivity index (χ3n) is 4.42. The van der Waals surface area contributed by atoms with Crippen molar-refractivity contribution < 1.29 is 14.3 Å². The zero-order valence-electron chi connectivity index (χ0n) is 15.5. The summed E-state index contributed by atoms with van der Waals surface area (Å²) < 4.78 is 10.9. The number of carbonyl (C=O) groups excluding carboxylic acids is 1. The van der Waals surface area contributed by atoms with Gasteiger partial charge < -0.3 is 9.47 Å². The van der Waals surface area contributed by atoms with Crippen molar-refractivity contribution in [2.45, 2.75) is 12.8 Å². The zero-order valence-corrected chi connectivity index (χ0v) is 15.5. The number of hydrogen-bond acceptors (Lipinski definition) is 3. The van der Waals surface area contributed by atoms with Gasteiger partial charge in [0.05, 0.1) is 13.0 Å². The molecular formula is C24H22O3. The van der Waals surface area contributed by atoms with E-state index in [1.807, 2.05) is 91.9 Å². The molecule has 0 aliphatic carbocycles. The van der Waals surface area contributed by atoms with Gasteiger partial charge in [-0.2, -0.15) is 0 Å². The average molecular weight is 358 g/mol. The fraction of sp³-hybridized carbons (Fsp3) is 0.125. The van der Waals surface area contributed by atoms with Crippen molar-refractivity contribution >= 4 is 11.5 Å². The van der Waals surface area contributed by atoms with Crippen LogP contribution in [0.4, 0.5) is 0 Å². The lowest BCUT2D eigenvalue weighted by atomic mass is 9.99. The smallest absolute Gasteiger partial charge is 0.318 e. The summed E-state index contributed by atoms with van der Waals surface area (Å²) in [6, 6.07) is 27.2. The van der Waals surface area contributed by atoms with Crippen molar-refractivity contribution in [1.29, 1.82) is 0 Å². The van der Waals surface area contributed by atoms with E-state index in [-0.39, 0.29) is 5.97 Å². The van der Waals surface area contributed by atoms with Crippen LogP contribution in [0.15, 0.2) is 91.2 Å². The Kier molecular flexibility index (Phi) is 6.06. The summed E-state index contributed by atoms with van der Waals surface area (Å²) in [5, 5.41) is 0. The second kappa shape index (κ2) is 8.86. The molecule has 0 aliphatic rings. The van der Waals surface area contributed by atoms with Gasteiger partial charge in [0.2, 0.25) is 0 Å². The number of esters is 1. The first-order valence-corrected chi connectivity index (χ1v) is 8.85. The van der Waals surface area contributed by atoms with Gasteiger partial charge in [0.15, 0.2) is 0 Å². The zero-order chi connectivity index (χ0) is 19.1. The van der Waals surface area contributed by atoms with Crippen molar-refractivity contribution in [1.82, 2.24) is 0 Å². The Hall–Kier alpha value is -3.33. The van der Waals surface area contributed by atoms with Crippen molar-refractivity contribution in [3.63, 3.8) is 0 Å². The largest absolute Gasteiger partial charge is 0.496 e. The maximum atomic E-state index is 12.7. The van der Waals surface area contributed by atoms with Gasteiger partial charge in [0.1, 0.15) is 12.0 Å². The van der Waals surface area contributed by atoms with Gasteiger partial charge in [0.25, 0.3) is 0 Å². The fourth-order valence-electron chi connectivity index (χ4n) is 2.91. The minimum absolute atomic E-state index is 0.330. The Morgan fingerprint density at radius 3 is 1.89 bits per heavy atom. The monoisotopic (exact) mass is 358 g/mol. The molecule has 3 rings (SSSR count). The van der Waals surface area contributed by atoms with E-state index in [9.17, 15) is 4.79 Å². The van der Waals surface area contributed by atoms with E-state index >= 15 is 0 Å². The number of rotatable bonds is 6. The van der Waals surface area contributed by atoms with Crippen LogP contribution in [0.5, 0.6) is 5.75 Å². The molecule has 0 aromatic heterocycles. The Morgan fingerprint density at radius 2 is 1.33 bits per heavy atom. The number of ether oxygens (including phenoxy) is 2. The highest BCUT2D eigenvalue weighted by Gasteiger charge is 2.20. The average Bonchev–Trinajstić information content (AvgIpc) is 2.74. The van der Waals surface area contributed by atoms with E-state index in [2.05, 4.69) is 0 Å². The minimum Gasteiger partial charge on any atom is -0.496 e. The van der Waals surface area contributed by atoms with E-state index in [0.717, 1.165) is 22.3 Å². The van der Waals surface area contributed by atoms with Crippen LogP contribution in [0.1, 0.15) is 29.5 Å². The predicted octanol–water partition coefficient (Wildman–Crippen LogP) is 5.43. The molecule has 0 saturated heterocycles. The molecule has 3 heteroatoms. The molecule has 0 aliphatic heterocycles. The standard InChI is InChI=1S/C24H22O3/c1-18(21-15-9-10-16-23(21)26-2)24(25)27-17-22(19-11-5-3-6-12-19)20-13-7-4-8-14-20/h3-18H,1-2H3/t18-/m0/s1. The maximum absolute atomic E-state index is 12.7. The summed E-state index contributed by atoms with van der Waals surface area (Å²) in [5.41, 5.74) is 3.64. The van der Waals surface area contributed by atoms with Crippen LogP contribution in [0.25, 0.3) is 5.57 Å². The van der Waals surface area contributed by atoms with Crippen molar-refractivity contribution in [3.05, 3.63) is 108 Å². The van der Waals surface area contributed by atoms with Crippen LogP contribution < -0.4 is 4.74 Å². The topological polar surface area (TPSA) is 35.5 Å². The van der Waals surface area contributed by atoms with Gasteiger partial charge in [-0.25, -0.2) is 0 Å². The SMILES string of the molecule is COc1ccccc1[C@H](C)C(=O)OC=C(c1ccccc1)c1ccccc1. The molecule has 136 valence electrons. The van der Waals surface area contributed by atoms with E-state index in [4.69, 9.17) is 9.47 Å². The summed E-state index contributed by atoms with van der Waals surface area (Å²) >= 11 is 0. The Morgan fingerprint density at radius 1 is 0.815 bits per heavy atom. The Balaban J connectivity index is 1.87. The van der Waals surface area contributed by atoms with Crippen molar-refractivity contribution in [2.24, 2.45) is 0 Å². The second-order valence-corrected chi connectivity index (χ2v) is 6.16. The molecule has 0 unspecified atom stereocenters. The highest BCUT2D eigenvalue weighted by atomic mass is 16.5. The molecule has 27 heavy (non-hydrogen) atoms. The Labute approximate surface area is 159 Å². The summed E-state index contributed by atoms with van der Waals surface area (Å²) in [6.07, 6.45) is 1.54. The van der Waals surface area contributed by atoms with Crippen LogP contribution in [0, 0.1) is 0 Å². The molecule has 3 aromatic rings. The van der Waals surface area contributed by atoms with E-state index in [1.54, 1.807) is 13.4 Å². The fourth-order valence-corrected chi connectivity index (χ4v) is 2.91. The molecule has 0 spiro atoms. The third kappa shape index (κ3) is 4.45. The van der Waals surface area contributed by atoms with Gasteiger partial charge in [-0.3, -0.25) is 4.79 Å². The lowest BCUT2D eigenvalue weighted by Gasteiger charge is -2.14. The summed E-state index contributed by atoms with van der Waals surface area (Å²) in [5.74, 6) is -0.0914. The molecule has 0 amide bonds. The van der Waals surface area contributed by atoms with E-state index in [1.165, 1.54) is 0 Å². The number of methoxy groups -OCH3 is 1. The van der Waals surface area contributed by atoms with Crippen LogP contribution >= 0.6 is 0 Å². The first kappa shape index (κ1) is 18.5. The highest BCUT2D eigenvalue weighted by molar-refractivity contribution is 5.83. The molecule has 0 saturated carbocycles. The van der Waals surface area contributed by atoms with Gasteiger partial charge in [-0.1, -0.05) is 78.9 Å². The molecule has 0 fully saturated rings. The predicted molar refractivity (Wildman–Crippen MR) is 107 cm³/mol. The molecule has 0 bridgehead atoms. The molecule has 1 atom stereocenters. The van der Waals surface area contributed by atoms with Crippen LogP contribution in [0.3, 0.4) is 0 Å². The first-order valence-electron chi connectivity index (χ1n) is 8.85. The van der Waals surface area contributed by atoms with Gasteiger partial charge >= 0.3 is 5.97 Å². The lowest BCUT2D eigenvalue weighted by molar-refractivity contribution is -0.139. The quantitative estimate of drug-likeness (QED) is 0.435. The van der Waals surface area contributed by atoms with E-state index in [0.29, 0.717) is 5.75 Å². The van der Waals surface area contributed by atoms with Crippen LogP contribution in [-0.4, -0.2) is 13.1 Å². The number of hydrogen-bond donors (Lipinski definition) is 0. The van der Waals surface area contributed by atoms with Crippen molar-refractivity contribution in [3.8, 4) is 5.75 Å².